The molecular formula is C23H37ClN4O4S. The van der Waals surface area contributed by atoms with Crippen molar-refractivity contribution in [2.24, 2.45) is 5.92 Å². The molecule has 3 unspecified atom stereocenters. The number of amides is 2. The second-order valence-electron chi connectivity index (χ2n) is 9.47. The summed E-state index contributed by atoms with van der Waals surface area (Å²) in [6.45, 7) is 8.69. The minimum atomic E-state index is -3.74. The molecule has 0 radical (unpaired) electrons. The van der Waals surface area contributed by atoms with Crippen molar-refractivity contribution in [2.45, 2.75) is 77.7 Å². The molecule has 8 nitrogen and oxygen atoms in total. The maximum Gasteiger partial charge on any atom is 0.245 e. The van der Waals surface area contributed by atoms with Gasteiger partial charge in [-0.15, -0.1) is 0 Å². The number of halogens is 1. The highest BCUT2D eigenvalue weighted by Gasteiger charge is 2.50. The van der Waals surface area contributed by atoms with Crippen LogP contribution < -0.4 is 5.32 Å². The van der Waals surface area contributed by atoms with E-state index in [1.807, 2.05) is 26.8 Å². The Balaban J connectivity index is 1.90. The molecule has 2 aliphatic heterocycles. The van der Waals surface area contributed by atoms with Gasteiger partial charge in [0.1, 0.15) is 18.2 Å². The first-order valence-electron chi connectivity index (χ1n) is 11.9. The zero-order valence-electron chi connectivity index (χ0n) is 20.0. The molecule has 1 saturated carbocycles. The van der Waals surface area contributed by atoms with Crippen LogP contribution in [0.15, 0.2) is 23.3 Å². The summed E-state index contributed by atoms with van der Waals surface area (Å²) in [4.78, 5) is 29.8. The first-order valence-corrected chi connectivity index (χ1v) is 13.9. The summed E-state index contributed by atoms with van der Waals surface area (Å²) in [5.41, 5.74) is 0. The minimum absolute atomic E-state index is 0.0271. The SMILES string of the molecule is CC/C=C(Cl)\C=C/CS(=O)(=O)N1CC(NCC2CC2)C(=O)N2C(C)C(=O)N(C(C)C)CCC21. The molecule has 2 amide bonds. The van der Waals surface area contributed by atoms with E-state index >= 15 is 0 Å². The van der Waals surface area contributed by atoms with Crippen molar-refractivity contribution in [3.05, 3.63) is 23.3 Å². The molecule has 3 fully saturated rings. The average Bonchev–Trinajstić information content (AvgIpc) is 3.57. The van der Waals surface area contributed by atoms with E-state index < -0.39 is 28.3 Å². The third-order valence-corrected chi connectivity index (χ3v) is 8.57. The Kier molecular flexibility index (Phi) is 8.64. The van der Waals surface area contributed by atoms with Gasteiger partial charge in [-0.25, -0.2) is 8.42 Å². The van der Waals surface area contributed by atoms with Crippen LogP contribution in [0.25, 0.3) is 0 Å². The predicted octanol–water partition coefficient (Wildman–Crippen LogP) is 2.27. The number of fused-ring (bicyclic) bond motifs is 1. The number of hydrogen-bond acceptors (Lipinski definition) is 5. The first-order chi connectivity index (χ1) is 15.6. The van der Waals surface area contributed by atoms with Crippen molar-refractivity contribution in [1.29, 1.82) is 0 Å². The van der Waals surface area contributed by atoms with Gasteiger partial charge in [-0.3, -0.25) is 9.59 Å². The molecule has 0 aromatic carbocycles. The van der Waals surface area contributed by atoms with Gasteiger partial charge in [-0.1, -0.05) is 30.7 Å². The molecule has 2 heterocycles. The molecule has 0 spiro atoms. The maximum absolute atomic E-state index is 13.5. The van der Waals surface area contributed by atoms with Crippen LogP contribution in [0.2, 0.25) is 0 Å². The van der Waals surface area contributed by atoms with Crippen molar-refractivity contribution >= 4 is 33.4 Å². The topological polar surface area (TPSA) is 90.0 Å². The highest BCUT2D eigenvalue weighted by molar-refractivity contribution is 7.89. The molecule has 1 N–H and O–H groups in total. The zero-order chi connectivity index (χ0) is 24.3. The lowest BCUT2D eigenvalue weighted by molar-refractivity contribution is -0.153. The predicted molar refractivity (Wildman–Crippen MR) is 130 cm³/mol. The summed E-state index contributed by atoms with van der Waals surface area (Å²) < 4.78 is 28.3. The van der Waals surface area contributed by atoms with Crippen molar-refractivity contribution in [1.82, 2.24) is 19.4 Å². The van der Waals surface area contributed by atoms with Crippen LogP contribution in [0.4, 0.5) is 0 Å². The minimum Gasteiger partial charge on any atom is -0.338 e. The number of carbonyl (C=O) groups is 2. The number of nitrogens with zero attached hydrogens (tertiary/aromatic N) is 3. The van der Waals surface area contributed by atoms with Crippen LogP contribution in [-0.4, -0.2) is 84.0 Å². The molecule has 3 aliphatic rings. The van der Waals surface area contributed by atoms with E-state index in [-0.39, 0.29) is 30.2 Å². The normalized spacial score (nSPS) is 28.1. The number of sulfonamides is 1. The third kappa shape index (κ3) is 6.18. The summed E-state index contributed by atoms with van der Waals surface area (Å²) in [6.07, 6.45) is 7.65. The van der Waals surface area contributed by atoms with Crippen LogP contribution in [0.5, 0.6) is 0 Å². The summed E-state index contributed by atoms with van der Waals surface area (Å²) in [5.74, 6) is -0.0127. The van der Waals surface area contributed by atoms with Crippen LogP contribution in [0.3, 0.4) is 0 Å². The molecule has 1 aliphatic carbocycles. The molecule has 186 valence electrons. The van der Waals surface area contributed by atoms with Crippen LogP contribution in [0.1, 0.15) is 53.4 Å². The third-order valence-electron chi connectivity index (χ3n) is 6.57. The molecule has 33 heavy (non-hydrogen) atoms. The Morgan fingerprint density at radius 3 is 2.52 bits per heavy atom. The summed E-state index contributed by atoms with van der Waals surface area (Å²) >= 11 is 6.09. The lowest BCUT2D eigenvalue weighted by atomic mass is 10.1. The monoisotopic (exact) mass is 500 g/mol. The highest BCUT2D eigenvalue weighted by atomic mass is 35.5. The van der Waals surface area contributed by atoms with Gasteiger partial charge in [-0.2, -0.15) is 4.31 Å². The van der Waals surface area contributed by atoms with Crippen molar-refractivity contribution in [3.63, 3.8) is 0 Å². The van der Waals surface area contributed by atoms with Crippen molar-refractivity contribution in [3.8, 4) is 0 Å². The second kappa shape index (κ2) is 10.9. The standard InChI is InChI=1S/C23H37ClN4O4S/c1-5-7-19(24)8-6-13-33(31,32)27-15-20(25-14-18-9-10-18)23(30)28-17(4)22(29)26(16(2)3)12-11-21(27)28/h6-8,16-18,20-21,25H,5,9-15H2,1-4H3/b8-6-,19-7+. The fourth-order valence-corrected chi connectivity index (χ4v) is 6.26. The maximum atomic E-state index is 13.5. The lowest BCUT2D eigenvalue weighted by Gasteiger charge is -2.46. The molecule has 3 rings (SSSR count). The van der Waals surface area contributed by atoms with E-state index in [2.05, 4.69) is 5.32 Å². The van der Waals surface area contributed by atoms with Crippen LogP contribution in [-0.2, 0) is 19.6 Å². The largest absolute Gasteiger partial charge is 0.338 e. The smallest absolute Gasteiger partial charge is 0.245 e. The van der Waals surface area contributed by atoms with Crippen molar-refractivity contribution in [2.75, 3.05) is 25.4 Å². The van der Waals surface area contributed by atoms with Crippen LogP contribution >= 0.6 is 11.6 Å². The quantitative estimate of drug-likeness (QED) is 0.490. The van der Waals surface area contributed by atoms with E-state index in [1.54, 1.807) is 24.0 Å². The molecule has 0 aromatic rings. The zero-order valence-corrected chi connectivity index (χ0v) is 21.6. The molecule has 3 atom stereocenters. The number of carbonyl (C=O) groups excluding carboxylic acids is 2. The fourth-order valence-electron chi connectivity index (χ4n) is 4.54. The van der Waals surface area contributed by atoms with Gasteiger partial charge >= 0.3 is 0 Å². The van der Waals surface area contributed by atoms with E-state index in [9.17, 15) is 18.0 Å². The second-order valence-corrected chi connectivity index (χ2v) is 11.9. The van der Waals surface area contributed by atoms with Gasteiger partial charge in [-0.05, 0) is 58.6 Å². The van der Waals surface area contributed by atoms with E-state index in [0.717, 1.165) is 19.3 Å². The Morgan fingerprint density at radius 1 is 1.21 bits per heavy atom. The molecule has 0 aromatic heterocycles. The summed E-state index contributed by atoms with van der Waals surface area (Å²) in [5, 5.41) is 3.77. The number of nitrogens with one attached hydrogen (secondary N) is 1. The number of allylic oxidation sites excluding steroid dienone is 3. The number of hydrogen-bond donors (Lipinski definition) is 1. The molecular weight excluding hydrogens is 464 g/mol. The molecule has 0 bridgehead atoms. The van der Waals surface area contributed by atoms with E-state index in [1.165, 1.54) is 9.21 Å². The van der Waals surface area contributed by atoms with Gasteiger partial charge in [0.05, 0.1) is 5.75 Å². The fraction of sp³-hybridized carbons (Fsp3) is 0.739. The van der Waals surface area contributed by atoms with Gasteiger partial charge in [0, 0.05) is 30.6 Å². The Labute approximate surface area is 203 Å². The van der Waals surface area contributed by atoms with Gasteiger partial charge in [0.2, 0.25) is 21.8 Å². The molecule has 2 saturated heterocycles. The first kappa shape index (κ1) is 26.2. The van der Waals surface area contributed by atoms with Gasteiger partial charge < -0.3 is 15.1 Å². The van der Waals surface area contributed by atoms with E-state index in [4.69, 9.17) is 11.6 Å². The Morgan fingerprint density at radius 2 is 1.91 bits per heavy atom. The van der Waals surface area contributed by atoms with Gasteiger partial charge in [0.15, 0.2) is 0 Å². The molecule has 10 heteroatoms. The lowest BCUT2D eigenvalue weighted by Crippen LogP contribution is -2.69. The summed E-state index contributed by atoms with van der Waals surface area (Å²) in [6, 6.07) is -1.42. The van der Waals surface area contributed by atoms with Crippen LogP contribution in [0, 0.1) is 5.92 Å². The Hall–Kier alpha value is -1.42. The highest BCUT2D eigenvalue weighted by Crippen LogP contribution is 2.31. The number of rotatable bonds is 9. The average molecular weight is 501 g/mol. The van der Waals surface area contributed by atoms with E-state index in [0.29, 0.717) is 30.5 Å². The summed E-state index contributed by atoms with van der Waals surface area (Å²) in [7, 11) is -3.74. The van der Waals surface area contributed by atoms with Gasteiger partial charge in [0.25, 0.3) is 0 Å². The Bertz CT molecular complexity index is 900. The van der Waals surface area contributed by atoms with Crippen molar-refractivity contribution < 1.29 is 18.0 Å².